The number of rotatable bonds is 14. The Labute approximate surface area is 168 Å². The summed E-state index contributed by atoms with van der Waals surface area (Å²) < 4.78 is 0. The molecule has 0 fully saturated rings. The van der Waals surface area contributed by atoms with Crippen LogP contribution in [0.4, 0.5) is 0 Å². The molecule has 0 N–H and O–H groups in total. The van der Waals surface area contributed by atoms with Gasteiger partial charge in [-0.3, -0.25) is 0 Å². The highest BCUT2D eigenvalue weighted by atomic mass is 14.1. The van der Waals surface area contributed by atoms with Gasteiger partial charge in [-0.25, -0.2) is 0 Å². The molecular formula is C27H40. The summed E-state index contributed by atoms with van der Waals surface area (Å²) in [7, 11) is 0. The van der Waals surface area contributed by atoms with Gasteiger partial charge >= 0.3 is 0 Å². The van der Waals surface area contributed by atoms with Crippen molar-refractivity contribution in [1.82, 2.24) is 0 Å². The number of hydrogen-bond acceptors (Lipinski definition) is 0. The van der Waals surface area contributed by atoms with Crippen LogP contribution in [0.3, 0.4) is 0 Å². The van der Waals surface area contributed by atoms with Crippen LogP contribution < -0.4 is 0 Å². The fourth-order valence-electron chi connectivity index (χ4n) is 3.89. The predicted molar refractivity (Wildman–Crippen MR) is 121 cm³/mol. The Bertz CT molecular complexity index is 570. The lowest BCUT2D eigenvalue weighted by Gasteiger charge is -2.08. The van der Waals surface area contributed by atoms with Crippen LogP contribution in [0.25, 0.3) is 0 Å². The summed E-state index contributed by atoms with van der Waals surface area (Å²) >= 11 is 0. The van der Waals surface area contributed by atoms with E-state index in [9.17, 15) is 0 Å². The molecule has 0 heterocycles. The number of aryl methyl sites for hydroxylation is 2. The molecule has 0 aliphatic heterocycles. The predicted octanol–water partition coefficient (Wildman–Crippen LogP) is 8.30. The molecule has 2 aromatic carbocycles. The van der Waals surface area contributed by atoms with E-state index in [1.54, 1.807) is 0 Å². The Hall–Kier alpha value is -1.56. The molecule has 0 aromatic heterocycles. The summed E-state index contributed by atoms with van der Waals surface area (Å²) in [4.78, 5) is 0. The first-order valence-electron chi connectivity index (χ1n) is 11.5. The minimum absolute atomic E-state index is 1.06. The third-order valence-electron chi connectivity index (χ3n) is 5.53. The van der Waals surface area contributed by atoms with Crippen molar-refractivity contribution in [2.75, 3.05) is 0 Å². The molecule has 27 heavy (non-hydrogen) atoms. The third-order valence-corrected chi connectivity index (χ3v) is 5.53. The minimum Gasteiger partial charge on any atom is -0.0654 e. The molecule has 0 bridgehead atoms. The van der Waals surface area contributed by atoms with Crippen molar-refractivity contribution in [2.45, 2.75) is 97.3 Å². The van der Waals surface area contributed by atoms with Gasteiger partial charge in [-0.1, -0.05) is 114 Å². The lowest BCUT2D eigenvalue weighted by Crippen LogP contribution is -1.94. The SMILES string of the molecule is CCCCCCCc1cccc(Cc2cccc(CCCCCCC)c2)c1. The van der Waals surface area contributed by atoms with E-state index >= 15 is 0 Å². The summed E-state index contributed by atoms with van der Waals surface area (Å²) in [6, 6.07) is 18.5. The second-order valence-corrected chi connectivity index (χ2v) is 8.15. The van der Waals surface area contributed by atoms with Gasteiger partial charge in [0, 0.05) is 0 Å². The Morgan fingerprint density at radius 2 is 0.889 bits per heavy atom. The first kappa shape index (κ1) is 21.7. The zero-order valence-corrected chi connectivity index (χ0v) is 17.8. The highest BCUT2D eigenvalue weighted by molar-refractivity contribution is 5.32. The van der Waals surface area contributed by atoms with Crippen molar-refractivity contribution in [3.05, 3.63) is 70.8 Å². The fourth-order valence-corrected chi connectivity index (χ4v) is 3.89. The summed E-state index contributed by atoms with van der Waals surface area (Å²) in [6.07, 6.45) is 17.1. The molecule has 0 aliphatic carbocycles. The van der Waals surface area contributed by atoms with E-state index in [1.165, 1.54) is 99.3 Å². The number of hydrogen-bond donors (Lipinski definition) is 0. The van der Waals surface area contributed by atoms with Crippen LogP contribution in [0.2, 0.25) is 0 Å². The van der Waals surface area contributed by atoms with Crippen LogP contribution in [-0.4, -0.2) is 0 Å². The van der Waals surface area contributed by atoms with Gasteiger partial charge in [-0.15, -0.1) is 0 Å². The zero-order chi connectivity index (χ0) is 19.2. The maximum absolute atomic E-state index is 2.43. The van der Waals surface area contributed by atoms with E-state index in [0.717, 1.165) is 6.42 Å². The van der Waals surface area contributed by atoms with Gasteiger partial charge in [0.05, 0.1) is 0 Å². The maximum Gasteiger partial charge on any atom is -0.00256 e. The Balaban J connectivity index is 1.82. The molecule has 0 saturated heterocycles. The molecular weight excluding hydrogens is 324 g/mol. The standard InChI is InChI=1S/C27H40/c1-3-5-7-9-11-15-24-17-13-19-26(21-24)23-27-20-14-18-25(22-27)16-12-10-8-6-4-2/h13-14,17-22H,3-12,15-16,23H2,1-2H3. The monoisotopic (exact) mass is 364 g/mol. The Morgan fingerprint density at radius 1 is 0.481 bits per heavy atom. The molecule has 0 atom stereocenters. The molecule has 0 aliphatic rings. The van der Waals surface area contributed by atoms with E-state index in [2.05, 4.69) is 62.4 Å². The van der Waals surface area contributed by atoms with Gasteiger partial charge in [-0.05, 0) is 54.4 Å². The molecule has 2 aromatic rings. The first-order valence-corrected chi connectivity index (χ1v) is 11.5. The topological polar surface area (TPSA) is 0 Å². The van der Waals surface area contributed by atoms with Crippen LogP contribution in [0.5, 0.6) is 0 Å². The highest BCUT2D eigenvalue weighted by Crippen LogP contribution is 2.17. The van der Waals surface area contributed by atoms with Gasteiger partial charge in [0.25, 0.3) is 0 Å². The summed E-state index contributed by atoms with van der Waals surface area (Å²) in [5.74, 6) is 0. The van der Waals surface area contributed by atoms with Crippen molar-refractivity contribution in [2.24, 2.45) is 0 Å². The van der Waals surface area contributed by atoms with E-state index in [0.29, 0.717) is 0 Å². The van der Waals surface area contributed by atoms with Crippen LogP contribution in [0.15, 0.2) is 48.5 Å². The minimum atomic E-state index is 1.06. The molecule has 148 valence electrons. The molecule has 0 nitrogen and oxygen atoms in total. The molecule has 0 unspecified atom stereocenters. The van der Waals surface area contributed by atoms with Gasteiger partial charge in [0.2, 0.25) is 0 Å². The molecule has 0 amide bonds. The quantitative estimate of drug-likeness (QED) is 0.296. The van der Waals surface area contributed by atoms with Crippen molar-refractivity contribution in [3.8, 4) is 0 Å². The summed E-state index contributed by atoms with van der Waals surface area (Å²) in [5, 5.41) is 0. The van der Waals surface area contributed by atoms with Crippen molar-refractivity contribution >= 4 is 0 Å². The Kier molecular flexibility index (Phi) is 10.9. The second-order valence-electron chi connectivity index (χ2n) is 8.15. The van der Waals surface area contributed by atoms with E-state index in [1.807, 2.05) is 0 Å². The molecule has 0 saturated carbocycles. The fraction of sp³-hybridized carbons (Fsp3) is 0.556. The van der Waals surface area contributed by atoms with Gasteiger partial charge in [-0.2, -0.15) is 0 Å². The van der Waals surface area contributed by atoms with E-state index in [-0.39, 0.29) is 0 Å². The van der Waals surface area contributed by atoms with Crippen molar-refractivity contribution < 1.29 is 0 Å². The second kappa shape index (κ2) is 13.6. The highest BCUT2D eigenvalue weighted by Gasteiger charge is 2.01. The van der Waals surface area contributed by atoms with Crippen LogP contribution >= 0.6 is 0 Å². The van der Waals surface area contributed by atoms with Crippen LogP contribution in [-0.2, 0) is 19.3 Å². The normalized spacial score (nSPS) is 11.0. The first-order chi connectivity index (χ1) is 13.3. The van der Waals surface area contributed by atoms with Crippen molar-refractivity contribution in [1.29, 1.82) is 0 Å². The Morgan fingerprint density at radius 3 is 1.33 bits per heavy atom. The van der Waals surface area contributed by atoms with Gasteiger partial charge in [0.1, 0.15) is 0 Å². The molecule has 0 radical (unpaired) electrons. The molecule has 0 heteroatoms. The van der Waals surface area contributed by atoms with Crippen LogP contribution in [0.1, 0.15) is 100 Å². The lowest BCUT2D eigenvalue weighted by atomic mass is 9.97. The summed E-state index contributed by atoms with van der Waals surface area (Å²) in [6.45, 7) is 4.57. The van der Waals surface area contributed by atoms with E-state index in [4.69, 9.17) is 0 Å². The number of unbranched alkanes of at least 4 members (excludes halogenated alkanes) is 8. The van der Waals surface area contributed by atoms with E-state index < -0.39 is 0 Å². The van der Waals surface area contributed by atoms with Gasteiger partial charge < -0.3 is 0 Å². The maximum atomic E-state index is 2.43. The number of benzene rings is 2. The molecule has 0 spiro atoms. The lowest BCUT2D eigenvalue weighted by molar-refractivity contribution is 0.632. The molecule has 2 rings (SSSR count). The van der Waals surface area contributed by atoms with Crippen molar-refractivity contribution in [3.63, 3.8) is 0 Å². The van der Waals surface area contributed by atoms with Gasteiger partial charge in [0.15, 0.2) is 0 Å². The van der Waals surface area contributed by atoms with Crippen LogP contribution in [0, 0.1) is 0 Å². The zero-order valence-electron chi connectivity index (χ0n) is 17.8. The summed E-state index contributed by atoms with van der Waals surface area (Å²) in [5.41, 5.74) is 5.94. The largest absolute Gasteiger partial charge is 0.0654 e. The average molecular weight is 365 g/mol. The third kappa shape index (κ3) is 9.27. The average Bonchev–Trinajstić information content (AvgIpc) is 2.68. The smallest absolute Gasteiger partial charge is 0.00256 e.